The van der Waals surface area contributed by atoms with Gasteiger partial charge in [-0.1, -0.05) is 0 Å². The van der Waals surface area contributed by atoms with E-state index in [4.69, 9.17) is 0 Å². The summed E-state index contributed by atoms with van der Waals surface area (Å²) >= 11 is 0. The van der Waals surface area contributed by atoms with Gasteiger partial charge in [0.15, 0.2) is 6.47 Å². The van der Waals surface area contributed by atoms with Crippen LogP contribution in [-0.2, 0) is 9.53 Å². The van der Waals surface area contributed by atoms with Crippen LogP contribution in [0.5, 0.6) is 0 Å². The standard InChI is InChI=1S/C4H6NO2.U/c1-4(5-2)7-3-6;/h5H,1H2,2H3;/q-1;. The van der Waals surface area contributed by atoms with Crippen molar-refractivity contribution < 1.29 is 40.6 Å². The minimum Gasteiger partial charge on any atom is -0.598 e. The molecular formula is C4H6NO2U-. The maximum atomic E-state index is 9.33. The molecule has 0 rings (SSSR count). The Labute approximate surface area is 71.8 Å². The third-order valence-corrected chi connectivity index (χ3v) is 0.444. The second kappa shape index (κ2) is 7.06. The summed E-state index contributed by atoms with van der Waals surface area (Å²) in [6, 6.07) is 0. The number of hydrogen-bond donors (Lipinski definition) is 1. The molecule has 0 heterocycles. The summed E-state index contributed by atoms with van der Waals surface area (Å²) in [7, 11) is 1.60. The molecule has 4 heteroatoms. The van der Waals surface area contributed by atoms with Crippen molar-refractivity contribution in [1.29, 1.82) is 0 Å². The van der Waals surface area contributed by atoms with Crippen LogP contribution in [0.2, 0.25) is 0 Å². The van der Waals surface area contributed by atoms with Gasteiger partial charge in [-0.05, 0) is 7.05 Å². The summed E-state index contributed by atoms with van der Waals surface area (Å²) in [6.45, 7) is 4.47. The first kappa shape index (κ1) is 10.9. The average molecular weight is 338 g/mol. The number of ether oxygens (including phenoxy) is 1. The van der Waals surface area contributed by atoms with E-state index in [1.54, 1.807) is 7.05 Å². The minimum absolute atomic E-state index is 0. The first-order valence-electron chi connectivity index (χ1n) is 1.72. The molecule has 0 aromatic rings. The summed E-state index contributed by atoms with van der Waals surface area (Å²) in [4.78, 5) is 9.33. The van der Waals surface area contributed by atoms with Crippen molar-refractivity contribution in [3.63, 3.8) is 0 Å². The van der Waals surface area contributed by atoms with E-state index < -0.39 is 0 Å². The number of carbonyl (C=O) groups excluding carboxylic acids is 1. The molecule has 0 unspecified atom stereocenters. The summed E-state index contributed by atoms with van der Waals surface area (Å²) in [5, 5.41) is 2.49. The first-order valence-corrected chi connectivity index (χ1v) is 1.72. The van der Waals surface area contributed by atoms with Gasteiger partial charge in [0.2, 0.25) is 0 Å². The Morgan fingerprint density at radius 2 is 2.38 bits per heavy atom. The van der Waals surface area contributed by atoms with Gasteiger partial charge in [-0.15, -0.1) is 6.58 Å². The molecule has 0 amide bonds. The van der Waals surface area contributed by atoms with Crippen molar-refractivity contribution in [2.45, 2.75) is 0 Å². The molecule has 0 bridgehead atoms. The van der Waals surface area contributed by atoms with Gasteiger partial charge in [-0.2, -0.15) is 0 Å². The van der Waals surface area contributed by atoms with Gasteiger partial charge in [0, 0.05) is 37.0 Å². The molecule has 0 spiro atoms. The van der Waals surface area contributed by atoms with Crippen LogP contribution >= 0.6 is 0 Å². The third kappa shape index (κ3) is 6.06. The van der Waals surface area contributed by atoms with Gasteiger partial charge in [-0.25, -0.2) is 0 Å². The zero-order valence-electron chi connectivity index (χ0n) is 4.52. The molecule has 3 nitrogen and oxygen atoms in total. The molecule has 8 heavy (non-hydrogen) atoms. The maximum Gasteiger partial charge on any atom is 0.171 e. The molecular weight excluding hydrogens is 332 g/mol. The molecule has 0 aliphatic rings. The SMILES string of the molecule is C=C(NC)O[C-]=O.[U]. The second-order valence-electron chi connectivity index (χ2n) is 0.859. The molecule has 0 atom stereocenters. The van der Waals surface area contributed by atoms with Gasteiger partial charge in [0.1, 0.15) is 0 Å². The fourth-order valence-electron chi connectivity index (χ4n) is 0.101. The zero-order valence-corrected chi connectivity index (χ0v) is 8.69. The topological polar surface area (TPSA) is 38.3 Å². The van der Waals surface area contributed by atoms with Crippen LogP contribution in [0.1, 0.15) is 0 Å². The van der Waals surface area contributed by atoms with Gasteiger partial charge in [-0.3, -0.25) is 0 Å². The van der Waals surface area contributed by atoms with Crippen LogP contribution in [0.4, 0.5) is 0 Å². The summed E-state index contributed by atoms with van der Waals surface area (Å²) in [6.07, 6.45) is 0. The Morgan fingerprint density at radius 3 is 2.50 bits per heavy atom. The predicted octanol–water partition coefficient (Wildman–Crippen LogP) is -0.239. The van der Waals surface area contributed by atoms with Crippen LogP contribution in [-0.4, -0.2) is 13.5 Å². The van der Waals surface area contributed by atoms with Gasteiger partial charge in [0.25, 0.3) is 0 Å². The fourth-order valence-corrected chi connectivity index (χ4v) is 0.101. The number of rotatable bonds is 3. The molecule has 1 N–H and O–H groups in total. The minimum atomic E-state index is 0. The average Bonchev–Trinajstić information content (AvgIpc) is 1.68. The van der Waals surface area contributed by atoms with Gasteiger partial charge in [0.05, 0.1) is 0 Å². The largest absolute Gasteiger partial charge is 0.598 e. The van der Waals surface area contributed by atoms with Crippen molar-refractivity contribution in [3.05, 3.63) is 12.5 Å². The van der Waals surface area contributed by atoms with Gasteiger partial charge >= 0.3 is 0 Å². The number of nitrogens with one attached hydrogen (secondary N) is 1. The Balaban J connectivity index is 0. The normalized spacial score (nSPS) is 6.12. The molecule has 0 aromatic carbocycles. The Bertz CT molecular complexity index is 84.1. The molecule has 44 valence electrons. The molecule has 0 aliphatic carbocycles. The second-order valence-corrected chi connectivity index (χ2v) is 0.859. The molecule has 0 fully saturated rings. The van der Waals surface area contributed by atoms with Crippen molar-refractivity contribution in [2.75, 3.05) is 7.05 Å². The van der Waals surface area contributed by atoms with Crippen LogP contribution in [0.25, 0.3) is 0 Å². The van der Waals surface area contributed by atoms with E-state index in [1.807, 2.05) is 0 Å². The first-order chi connectivity index (χ1) is 3.31. The molecule has 0 aromatic heterocycles. The smallest absolute Gasteiger partial charge is 0.171 e. The van der Waals surface area contributed by atoms with Crippen LogP contribution in [0.3, 0.4) is 0 Å². The molecule has 0 radical (unpaired) electrons. The summed E-state index contributed by atoms with van der Waals surface area (Å²) in [5.41, 5.74) is 0. The third-order valence-electron chi connectivity index (χ3n) is 0.444. The van der Waals surface area contributed by atoms with Crippen molar-refractivity contribution in [3.8, 4) is 0 Å². The molecule has 0 saturated heterocycles. The van der Waals surface area contributed by atoms with E-state index >= 15 is 0 Å². The Hall–Kier alpha value is 0.0619. The van der Waals surface area contributed by atoms with Crippen molar-refractivity contribution in [1.82, 2.24) is 5.32 Å². The van der Waals surface area contributed by atoms with E-state index in [-0.39, 0.29) is 37.0 Å². The molecule has 0 saturated carbocycles. The van der Waals surface area contributed by atoms with Crippen molar-refractivity contribution in [2.24, 2.45) is 0 Å². The van der Waals surface area contributed by atoms with E-state index in [2.05, 4.69) is 16.6 Å². The maximum absolute atomic E-state index is 9.33. The molecule has 0 aliphatic heterocycles. The Morgan fingerprint density at radius 1 is 1.88 bits per heavy atom. The monoisotopic (exact) mass is 338 g/mol. The zero-order chi connectivity index (χ0) is 5.70. The summed E-state index contributed by atoms with van der Waals surface area (Å²) in [5.74, 6) is 0.204. The summed E-state index contributed by atoms with van der Waals surface area (Å²) < 4.78 is 4.08. The van der Waals surface area contributed by atoms with Crippen LogP contribution in [0.15, 0.2) is 12.5 Å². The predicted molar refractivity (Wildman–Crippen MR) is 25.0 cm³/mol. The van der Waals surface area contributed by atoms with Crippen LogP contribution in [0, 0.1) is 31.1 Å². The van der Waals surface area contributed by atoms with Crippen molar-refractivity contribution >= 4 is 6.47 Å². The Kier molecular flexibility index (Phi) is 9.66. The van der Waals surface area contributed by atoms with Gasteiger partial charge < -0.3 is 14.8 Å². The quantitative estimate of drug-likeness (QED) is 0.570. The van der Waals surface area contributed by atoms with E-state index in [9.17, 15) is 4.79 Å². The number of hydrogen-bond acceptors (Lipinski definition) is 3. The van der Waals surface area contributed by atoms with E-state index in [0.717, 1.165) is 0 Å². The van der Waals surface area contributed by atoms with Crippen LogP contribution < -0.4 is 5.32 Å². The fraction of sp³-hybridized carbons (Fsp3) is 0.250. The van der Waals surface area contributed by atoms with E-state index in [1.165, 1.54) is 6.47 Å². The van der Waals surface area contributed by atoms with E-state index in [0.29, 0.717) is 0 Å².